The summed E-state index contributed by atoms with van der Waals surface area (Å²) in [6.45, 7) is 6.84. The van der Waals surface area contributed by atoms with E-state index < -0.39 is 0 Å². The molecular formula is C22H25N3OS3. The second-order valence-corrected chi connectivity index (χ2v) is 10.8. The van der Waals surface area contributed by atoms with Gasteiger partial charge in [0.1, 0.15) is 0 Å². The van der Waals surface area contributed by atoms with Crippen LogP contribution in [0, 0.1) is 0 Å². The van der Waals surface area contributed by atoms with E-state index in [9.17, 15) is 4.79 Å². The predicted molar refractivity (Wildman–Crippen MR) is 124 cm³/mol. The Labute approximate surface area is 184 Å². The van der Waals surface area contributed by atoms with Gasteiger partial charge in [-0.15, -0.1) is 10.2 Å². The highest BCUT2D eigenvalue weighted by atomic mass is 32.2. The van der Waals surface area contributed by atoms with Gasteiger partial charge in [-0.3, -0.25) is 4.79 Å². The van der Waals surface area contributed by atoms with Gasteiger partial charge in [-0.25, -0.2) is 0 Å². The molecule has 1 N–H and O–H groups in total. The van der Waals surface area contributed by atoms with Crippen LogP contribution in [-0.4, -0.2) is 21.4 Å². The minimum Gasteiger partial charge on any atom is -0.351 e. The second kappa shape index (κ2) is 10.8. The van der Waals surface area contributed by atoms with Gasteiger partial charge in [0.15, 0.2) is 8.68 Å². The molecule has 152 valence electrons. The van der Waals surface area contributed by atoms with Crippen LogP contribution >= 0.6 is 34.9 Å². The molecule has 0 aliphatic rings. The van der Waals surface area contributed by atoms with Crippen molar-refractivity contribution in [2.75, 3.05) is 0 Å². The number of carbonyl (C=O) groups is 1. The Kier molecular flexibility index (Phi) is 8.15. The highest BCUT2D eigenvalue weighted by Crippen LogP contribution is 2.32. The van der Waals surface area contributed by atoms with Crippen molar-refractivity contribution in [3.63, 3.8) is 0 Å². The van der Waals surface area contributed by atoms with Crippen LogP contribution in [0.15, 0.2) is 63.3 Å². The molecule has 3 aromatic rings. The molecule has 0 aliphatic heterocycles. The average Bonchev–Trinajstić information content (AvgIpc) is 3.18. The molecule has 29 heavy (non-hydrogen) atoms. The van der Waals surface area contributed by atoms with Crippen molar-refractivity contribution in [1.29, 1.82) is 0 Å². The molecule has 0 saturated heterocycles. The van der Waals surface area contributed by atoms with Gasteiger partial charge < -0.3 is 5.32 Å². The predicted octanol–water partition coefficient (Wildman–Crippen LogP) is 5.75. The van der Waals surface area contributed by atoms with Gasteiger partial charge >= 0.3 is 0 Å². The number of aromatic nitrogens is 2. The van der Waals surface area contributed by atoms with Crippen molar-refractivity contribution < 1.29 is 4.79 Å². The Morgan fingerprint density at radius 2 is 1.66 bits per heavy atom. The smallest absolute Gasteiger partial charge is 0.233 e. The van der Waals surface area contributed by atoms with Gasteiger partial charge in [0, 0.05) is 12.3 Å². The van der Waals surface area contributed by atoms with E-state index in [1.165, 1.54) is 22.9 Å². The zero-order valence-corrected chi connectivity index (χ0v) is 19.2. The lowest BCUT2D eigenvalue weighted by Gasteiger charge is -2.10. The van der Waals surface area contributed by atoms with E-state index in [4.69, 9.17) is 0 Å². The van der Waals surface area contributed by atoms with Crippen LogP contribution in [0.3, 0.4) is 0 Å². The second-order valence-electron chi connectivity index (χ2n) is 6.98. The molecule has 0 bridgehead atoms. The number of rotatable bonds is 9. The number of hydrogen-bond donors (Lipinski definition) is 1. The zero-order chi connectivity index (χ0) is 20.6. The third-order valence-corrected chi connectivity index (χ3v) is 7.66. The molecule has 3 rings (SSSR count). The highest BCUT2D eigenvalue weighted by molar-refractivity contribution is 8.03. The molecule has 7 heteroatoms. The summed E-state index contributed by atoms with van der Waals surface area (Å²) in [4.78, 5) is 12.3. The first-order chi connectivity index (χ1) is 14.0. The van der Waals surface area contributed by atoms with Gasteiger partial charge in [0.25, 0.3) is 0 Å². The summed E-state index contributed by atoms with van der Waals surface area (Å²) in [5.41, 5.74) is 3.72. The van der Waals surface area contributed by atoms with Crippen LogP contribution in [-0.2, 0) is 17.1 Å². The first kappa shape index (κ1) is 21.9. The molecule has 1 heterocycles. The fourth-order valence-electron chi connectivity index (χ4n) is 2.58. The van der Waals surface area contributed by atoms with E-state index in [1.54, 1.807) is 23.1 Å². The van der Waals surface area contributed by atoms with E-state index in [0.717, 1.165) is 20.0 Å². The molecule has 1 atom stereocenters. The normalized spacial score (nSPS) is 12.1. The average molecular weight is 444 g/mol. The van der Waals surface area contributed by atoms with Crippen molar-refractivity contribution in [3.05, 3.63) is 71.3 Å². The molecule has 2 aromatic carbocycles. The number of nitrogens with zero attached hydrogens (tertiary/aromatic N) is 2. The van der Waals surface area contributed by atoms with Crippen LogP contribution in [0.1, 0.15) is 43.4 Å². The first-order valence-corrected chi connectivity index (χ1v) is 12.2. The number of amides is 1. The zero-order valence-electron chi connectivity index (χ0n) is 16.8. The molecule has 1 aromatic heterocycles. The fraction of sp³-hybridized carbons (Fsp3) is 0.318. The van der Waals surface area contributed by atoms with Crippen LogP contribution in [0.25, 0.3) is 0 Å². The summed E-state index contributed by atoms with van der Waals surface area (Å²) >= 11 is 4.68. The summed E-state index contributed by atoms with van der Waals surface area (Å²) in [5, 5.41) is 11.3. The van der Waals surface area contributed by atoms with Crippen molar-refractivity contribution >= 4 is 40.8 Å². The lowest BCUT2D eigenvalue weighted by Crippen LogP contribution is -2.30. The quantitative estimate of drug-likeness (QED) is 0.427. The van der Waals surface area contributed by atoms with Crippen molar-refractivity contribution in [2.45, 2.75) is 52.9 Å². The Balaban J connectivity index is 1.45. The lowest BCUT2D eigenvalue weighted by atomic mass is 10.0. The van der Waals surface area contributed by atoms with Gasteiger partial charge in [-0.05, 0) is 29.5 Å². The van der Waals surface area contributed by atoms with E-state index in [2.05, 4.69) is 53.6 Å². The molecule has 0 fully saturated rings. The molecule has 0 radical (unpaired) electrons. The van der Waals surface area contributed by atoms with E-state index in [0.29, 0.717) is 12.5 Å². The van der Waals surface area contributed by atoms with E-state index >= 15 is 0 Å². The third-order valence-electron chi connectivity index (χ3n) is 4.35. The Morgan fingerprint density at radius 3 is 2.34 bits per heavy atom. The summed E-state index contributed by atoms with van der Waals surface area (Å²) in [7, 11) is 0. The van der Waals surface area contributed by atoms with E-state index in [-0.39, 0.29) is 11.2 Å². The van der Waals surface area contributed by atoms with Crippen LogP contribution in [0.5, 0.6) is 0 Å². The van der Waals surface area contributed by atoms with Crippen LogP contribution < -0.4 is 5.32 Å². The third kappa shape index (κ3) is 6.87. The lowest BCUT2D eigenvalue weighted by molar-refractivity contribution is -0.120. The Bertz CT molecular complexity index is 911. The maximum Gasteiger partial charge on any atom is 0.233 e. The minimum atomic E-state index is -0.215. The monoisotopic (exact) mass is 443 g/mol. The SMILES string of the molecule is CC(Sc1nnc(SCc2ccc(C(C)C)cc2)s1)C(=O)NCc1ccccc1. The standard InChI is InChI=1S/C22H25N3OS3/c1-15(2)19-11-9-18(10-12-19)14-27-21-24-25-22(29-21)28-16(3)20(26)23-13-17-7-5-4-6-8-17/h4-12,15-16H,13-14H2,1-3H3,(H,23,26). The first-order valence-electron chi connectivity index (χ1n) is 9.54. The summed E-state index contributed by atoms with van der Waals surface area (Å²) in [5.74, 6) is 1.42. The summed E-state index contributed by atoms with van der Waals surface area (Å²) in [6, 6.07) is 18.7. The molecule has 0 spiro atoms. The van der Waals surface area contributed by atoms with Crippen molar-refractivity contribution in [2.24, 2.45) is 0 Å². The summed E-state index contributed by atoms with van der Waals surface area (Å²) < 4.78 is 1.75. The highest BCUT2D eigenvalue weighted by Gasteiger charge is 2.17. The fourth-order valence-corrected chi connectivity index (χ4v) is 5.72. The van der Waals surface area contributed by atoms with Gasteiger partial charge in [0.2, 0.25) is 5.91 Å². The molecule has 0 aliphatic carbocycles. The minimum absolute atomic E-state index is 0.00787. The maximum absolute atomic E-state index is 12.3. The number of nitrogens with one attached hydrogen (secondary N) is 1. The molecule has 4 nitrogen and oxygen atoms in total. The number of thioether (sulfide) groups is 2. The van der Waals surface area contributed by atoms with E-state index in [1.807, 2.05) is 37.3 Å². The number of benzene rings is 2. The van der Waals surface area contributed by atoms with Crippen molar-refractivity contribution in [3.8, 4) is 0 Å². The van der Waals surface area contributed by atoms with Crippen molar-refractivity contribution in [1.82, 2.24) is 15.5 Å². The van der Waals surface area contributed by atoms with Crippen LogP contribution in [0.4, 0.5) is 0 Å². The van der Waals surface area contributed by atoms with Gasteiger partial charge in [-0.2, -0.15) is 0 Å². The topological polar surface area (TPSA) is 54.9 Å². The molecule has 0 saturated carbocycles. The molecular weight excluding hydrogens is 418 g/mol. The number of hydrogen-bond acceptors (Lipinski definition) is 6. The molecule has 1 amide bonds. The molecule has 1 unspecified atom stereocenters. The number of carbonyl (C=O) groups excluding carboxylic acids is 1. The maximum atomic E-state index is 12.3. The summed E-state index contributed by atoms with van der Waals surface area (Å²) in [6.07, 6.45) is 0. The van der Waals surface area contributed by atoms with Gasteiger partial charge in [0.05, 0.1) is 5.25 Å². The van der Waals surface area contributed by atoms with Crippen LogP contribution in [0.2, 0.25) is 0 Å². The largest absolute Gasteiger partial charge is 0.351 e. The Hall–Kier alpha value is -1.83. The Morgan fingerprint density at radius 1 is 0.966 bits per heavy atom. The van der Waals surface area contributed by atoms with Gasteiger partial charge in [-0.1, -0.05) is 103 Å².